The third kappa shape index (κ3) is 4.91. The molecule has 0 radical (unpaired) electrons. The van der Waals surface area contributed by atoms with E-state index in [9.17, 15) is 9.59 Å². The molecule has 0 unspecified atom stereocenters. The van der Waals surface area contributed by atoms with Crippen LogP contribution in [0.15, 0.2) is 35.3 Å². The van der Waals surface area contributed by atoms with E-state index in [0.717, 1.165) is 37.2 Å². The van der Waals surface area contributed by atoms with Crippen LogP contribution in [0, 0.1) is 0 Å². The number of hydrogen-bond acceptors (Lipinski definition) is 3. The van der Waals surface area contributed by atoms with E-state index in [0.29, 0.717) is 19.6 Å². The van der Waals surface area contributed by atoms with Gasteiger partial charge in [-0.05, 0) is 18.4 Å². The Hall–Kier alpha value is -1.84. The molecule has 27 heavy (non-hydrogen) atoms. The molecule has 3 amide bonds. The van der Waals surface area contributed by atoms with Crippen molar-refractivity contribution in [1.29, 1.82) is 0 Å². The Bertz CT molecular complexity index is 687. The van der Waals surface area contributed by atoms with Crippen LogP contribution >= 0.6 is 24.0 Å². The Morgan fingerprint density at radius 1 is 1.22 bits per heavy atom. The number of urea groups is 1. The van der Waals surface area contributed by atoms with E-state index in [4.69, 9.17) is 0 Å². The molecule has 1 aliphatic heterocycles. The van der Waals surface area contributed by atoms with Crippen molar-refractivity contribution in [1.82, 2.24) is 20.4 Å². The van der Waals surface area contributed by atoms with Crippen LogP contribution in [0.1, 0.15) is 31.2 Å². The minimum absolute atomic E-state index is 0. The summed E-state index contributed by atoms with van der Waals surface area (Å²) < 4.78 is 0. The summed E-state index contributed by atoms with van der Waals surface area (Å²) in [6, 6.07) is 9.75. The van der Waals surface area contributed by atoms with Crippen LogP contribution in [0.25, 0.3) is 0 Å². The maximum atomic E-state index is 12.6. The molecule has 1 aromatic carbocycles. The molecule has 1 saturated carbocycles. The molecule has 3 rings (SSSR count). The van der Waals surface area contributed by atoms with E-state index in [2.05, 4.69) is 15.6 Å². The molecule has 1 aromatic rings. The molecule has 2 aliphatic rings. The number of halogens is 1. The summed E-state index contributed by atoms with van der Waals surface area (Å²) in [7, 11) is 3.83. The number of amides is 3. The first-order chi connectivity index (χ1) is 12.5. The normalized spacial score (nSPS) is 18.4. The smallest absolute Gasteiger partial charge is 0.325 e. The monoisotopic (exact) mass is 485 g/mol. The lowest BCUT2D eigenvalue weighted by Crippen LogP contribution is -2.45. The SMILES string of the molecule is CN(C)C(=NCc1ccccc1)NCCN1C(=O)NC2(CCCC2)C1=O.I. The van der Waals surface area contributed by atoms with E-state index in [1.54, 1.807) is 0 Å². The van der Waals surface area contributed by atoms with Gasteiger partial charge in [0, 0.05) is 27.2 Å². The molecule has 0 atom stereocenters. The van der Waals surface area contributed by atoms with Gasteiger partial charge in [-0.25, -0.2) is 9.79 Å². The molecule has 2 N–H and O–H groups in total. The van der Waals surface area contributed by atoms with Crippen LogP contribution in [0.3, 0.4) is 0 Å². The molecule has 2 fully saturated rings. The van der Waals surface area contributed by atoms with Crippen LogP contribution in [0.2, 0.25) is 0 Å². The fourth-order valence-electron chi connectivity index (χ4n) is 3.58. The first-order valence-electron chi connectivity index (χ1n) is 9.15. The van der Waals surface area contributed by atoms with Crippen LogP contribution in [-0.2, 0) is 11.3 Å². The van der Waals surface area contributed by atoms with Crippen molar-refractivity contribution < 1.29 is 9.59 Å². The lowest BCUT2D eigenvalue weighted by Gasteiger charge is -2.21. The van der Waals surface area contributed by atoms with Gasteiger partial charge in [0.1, 0.15) is 5.54 Å². The highest BCUT2D eigenvalue weighted by Crippen LogP contribution is 2.34. The zero-order valence-corrected chi connectivity index (χ0v) is 18.2. The van der Waals surface area contributed by atoms with Gasteiger partial charge in [-0.1, -0.05) is 43.2 Å². The second-order valence-electron chi connectivity index (χ2n) is 7.12. The first-order valence-corrected chi connectivity index (χ1v) is 9.15. The summed E-state index contributed by atoms with van der Waals surface area (Å²) in [6.07, 6.45) is 3.50. The highest BCUT2D eigenvalue weighted by molar-refractivity contribution is 14.0. The minimum Gasteiger partial charge on any atom is -0.354 e. The second kappa shape index (κ2) is 9.38. The number of aliphatic imine (C=N–C) groups is 1. The number of nitrogens with zero attached hydrogens (tertiary/aromatic N) is 3. The molecular formula is C19H28IN5O2. The number of nitrogens with one attached hydrogen (secondary N) is 2. The highest BCUT2D eigenvalue weighted by Gasteiger charge is 2.52. The van der Waals surface area contributed by atoms with Crippen molar-refractivity contribution in [3.05, 3.63) is 35.9 Å². The third-order valence-corrected chi connectivity index (χ3v) is 5.00. The summed E-state index contributed by atoms with van der Waals surface area (Å²) in [5.41, 5.74) is 0.494. The fourth-order valence-corrected chi connectivity index (χ4v) is 3.58. The quantitative estimate of drug-likeness (QED) is 0.290. The van der Waals surface area contributed by atoms with Gasteiger partial charge in [-0.15, -0.1) is 24.0 Å². The Balaban J connectivity index is 0.00000261. The van der Waals surface area contributed by atoms with Gasteiger partial charge in [-0.2, -0.15) is 0 Å². The Labute approximate surface area is 177 Å². The number of rotatable bonds is 5. The molecule has 1 aliphatic carbocycles. The highest BCUT2D eigenvalue weighted by atomic mass is 127. The number of carbonyl (C=O) groups excluding carboxylic acids is 2. The largest absolute Gasteiger partial charge is 0.354 e. The van der Waals surface area contributed by atoms with Crippen LogP contribution in [0.5, 0.6) is 0 Å². The molecule has 148 valence electrons. The second-order valence-corrected chi connectivity index (χ2v) is 7.12. The lowest BCUT2D eigenvalue weighted by molar-refractivity contribution is -0.131. The van der Waals surface area contributed by atoms with Gasteiger partial charge >= 0.3 is 6.03 Å². The molecule has 7 nitrogen and oxygen atoms in total. The minimum atomic E-state index is -0.636. The van der Waals surface area contributed by atoms with Crippen molar-refractivity contribution in [2.24, 2.45) is 4.99 Å². The van der Waals surface area contributed by atoms with Crippen molar-refractivity contribution in [3.63, 3.8) is 0 Å². The molecule has 1 saturated heterocycles. The fraction of sp³-hybridized carbons (Fsp3) is 0.526. The molecule has 0 bridgehead atoms. The zero-order valence-electron chi connectivity index (χ0n) is 15.9. The van der Waals surface area contributed by atoms with Gasteiger partial charge in [-0.3, -0.25) is 9.69 Å². The number of carbonyl (C=O) groups is 2. The summed E-state index contributed by atoms with van der Waals surface area (Å²) in [5.74, 6) is 0.658. The third-order valence-electron chi connectivity index (χ3n) is 5.00. The van der Waals surface area contributed by atoms with E-state index in [1.165, 1.54) is 4.90 Å². The topological polar surface area (TPSA) is 77.0 Å². The maximum absolute atomic E-state index is 12.6. The summed E-state index contributed by atoms with van der Waals surface area (Å²) in [6.45, 7) is 1.39. The maximum Gasteiger partial charge on any atom is 0.325 e. The lowest BCUT2D eigenvalue weighted by atomic mass is 9.98. The van der Waals surface area contributed by atoms with Gasteiger partial charge in [0.15, 0.2) is 5.96 Å². The number of imide groups is 1. The number of guanidine groups is 1. The summed E-state index contributed by atoms with van der Waals surface area (Å²) >= 11 is 0. The molecule has 1 spiro atoms. The van der Waals surface area contributed by atoms with Crippen LogP contribution < -0.4 is 10.6 Å². The Morgan fingerprint density at radius 3 is 2.52 bits per heavy atom. The average Bonchev–Trinajstić information content (AvgIpc) is 3.18. The number of hydrogen-bond donors (Lipinski definition) is 2. The summed E-state index contributed by atoms with van der Waals surface area (Å²) in [5, 5.41) is 6.14. The first kappa shape index (κ1) is 21.5. The molecule has 1 heterocycles. The van der Waals surface area contributed by atoms with Gasteiger partial charge in [0.25, 0.3) is 5.91 Å². The molecule has 8 heteroatoms. The molecular weight excluding hydrogens is 457 g/mol. The van der Waals surface area contributed by atoms with Gasteiger partial charge in [0.2, 0.25) is 0 Å². The van der Waals surface area contributed by atoms with E-state index < -0.39 is 5.54 Å². The standard InChI is InChI=1S/C19H27N5O2.HI/c1-23(2)17(21-14-15-8-4-3-5-9-15)20-12-13-24-16(25)19(22-18(24)26)10-6-7-11-19;/h3-5,8-9H,6-7,10-14H2,1-2H3,(H,20,21)(H,22,26);1H. The van der Waals surface area contributed by atoms with Crippen LogP contribution in [0.4, 0.5) is 4.79 Å². The van der Waals surface area contributed by atoms with Crippen molar-refractivity contribution in [3.8, 4) is 0 Å². The predicted molar refractivity (Wildman–Crippen MR) is 116 cm³/mol. The van der Waals surface area contributed by atoms with Crippen LogP contribution in [-0.4, -0.2) is 60.4 Å². The van der Waals surface area contributed by atoms with Crippen molar-refractivity contribution >= 4 is 41.9 Å². The molecule has 0 aromatic heterocycles. The average molecular weight is 485 g/mol. The van der Waals surface area contributed by atoms with Gasteiger partial charge < -0.3 is 15.5 Å². The Morgan fingerprint density at radius 2 is 1.89 bits per heavy atom. The van der Waals surface area contributed by atoms with Crippen molar-refractivity contribution in [2.45, 2.75) is 37.8 Å². The van der Waals surface area contributed by atoms with E-state index >= 15 is 0 Å². The van der Waals surface area contributed by atoms with E-state index in [-0.39, 0.29) is 35.9 Å². The van der Waals surface area contributed by atoms with E-state index in [1.807, 2.05) is 49.3 Å². The summed E-state index contributed by atoms with van der Waals surface area (Å²) in [4.78, 5) is 32.7. The van der Waals surface area contributed by atoms with Crippen molar-refractivity contribution in [2.75, 3.05) is 27.2 Å². The zero-order chi connectivity index (χ0) is 18.6. The van der Waals surface area contributed by atoms with Gasteiger partial charge in [0.05, 0.1) is 6.54 Å². The Kier molecular flexibility index (Phi) is 7.46. The predicted octanol–water partition coefficient (Wildman–Crippen LogP) is 2.18. The number of benzene rings is 1.